The number of piperidine rings is 1. The molecule has 4 nitrogen and oxygen atoms in total. The van der Waals surface area contributed by atoms with Crippen LogP contribution in [0.15, 0.2) is 18.2 Å². The molecule has 1 aliphatic heterocycles. The van der Waals surface area contributed by atoms with Crippen LogP contribution >= 0.6 is 0 Å². The van der Waals surface area contributed by atoms with Gasteiger partial charge in [-0.05, 0) is 51.3 Å². The molecule has 3 N–H and O–H groups in total. The Morgan fingerprint density at radius 3 is 2.69 bits per heavy atom. The lowest BCUT2D eigenvalue weighted by atomic mass is 9.74. The van der Waals surface area contributed by atoms with E-state index in [2.05, 4.69) is 5.32 Å². The number of rotatable bonds is 4. The number of hydrogen-bond acceptors (Lipinski definition) is 3. The van der Waals surface area contributed by atoms with Gasteiger partial charge in [-0.3, -0.25) is 9.69 Å². The topological polar surface area (TPSA) is 58.4 Å². The van der Waals surface area contributed by atoms with Crippen molar-refractivity contribution in [3.8, 4) is 0 Å². The Bertz CT molecular complexity index is 630. The predicted octanol–water partition coefficient (Wildman–Crippen LogP) is 2.95. The second-order valence-electron chi connectivity index (χ2n) is 8.09. The first-order valence-electron chi connectivity index (χ1n) is 9.61. The van der Waals surface area contributed by atoms with Crippen molar-refractivity contribution in [2.24, 2.45) is 11.7 Å². The first-order valence-corrected chi connectivity index (χ1v) is 9.61. The van der Waals surface area contributed by atoms with Crippen LogP contribution in [0.2, 0.25) is 0 Å². The standard InChI is InChI=1S/C20H29F2N3O/c1-20(23)10-3-2-7-16(20)19(26)24-14-6-5-11-25(12-14)13-15-17(21)8-4-9-18(15)22/h4,8-9,14,16H,2-3,5-7,10-13,23H2,1H3,(H,24,26). The van der Waals surface area contributed by atoms with Gasteiger partial charge >= 0.3 is 0 Å². The van der Waals surface area contributed by atoms with Crippen LogP contribution < -0.4 is 11.1 Å². The first-order chi connectivity index (χ1) is 12.4. The lowest BCUT2D eigenvalue weighted by Gasteiger charge is -2.39. The number of halogens is 2. The van der Waals surface area contributed by atoms with Gasteiger partial charge in [-0.15, -0.1) is 0 Å². The van der Waals surface area contributed by atoms with Crippen LogP contribution in [0.5, 0.6) is 0 Å². The Labute approximate surface area is 154 Å². The highest BCUT2D eigenvalue weighted by Gasteiger charge is 2.38. The van der Waals surface area contributed by atoms with Crippen molar-refractivity contribution in [3.63, 3.8) is 0 Å². The van der Waals surface area contributed by atoms with Gasteiger partial charge in [-0.1, -0.05) is 18.9 Å². The molecule has 144 valence electrons. The minimum atomic E-state index is -0.516. The van der Waals surface area contributed by atoms with E-state index in [4.69, 9.17) is 5.73 Å². The van der Waals surface area contributed by atoms with Crippen LogP contribution in [0.25, 0.3) is 0 Å². The van der Waals surface area contributed by atoms with E-state index in [1.54, 1.807) is 0 Å². The smallest absolute Gasteiger partial charge is 0.225 e. The molecule has 1 aliphatic carbocycles. The molecule has 3 atom stereocenters. The zero-order valence-corrected chi connectivity index (χ0v) is 15.4. The maximum atomic E-state index is 13.9. The van der Waals surface area contributed by atoms with Crippen molar-refractivity contribution in [2.45, 2.75) is 63.6 Å². The molecule has 0 spiro atoms. The third-order valence-corrected chi connectivity index (χ3v) is 5.87. The molecule has 0 radical (unpaired) electrons. The Hall–Kier alpha value is -1.53. The maximum Gasteiger partial charge on any atom is 0.225 e. The van der Waals surface area contributed by atoms with Crippen molar-refractivity contribution in [2.75, 3.05) is 13.1 Å². The minimum Gasteiger partial charge on any atom is -0.352 e. The van der Waals surface area contributed by atoms with Crippen molar-refractivity contribution >= 4 is 5.91 Å². The van der Waals surface area contributed by atoms with Gasteiger partial charge in [-0.2, -0.15) is 0 Å². The SMILES string of the molecule is CC1(N)CCCCC1C(=O)NC1CCCN(Cc2c(F)cccc2F)C1. The molecule has 0 aromatic heterocycles. The summed E-state index contributed by atoms with van der Waals surface area (Å²) in [5.74, 6) is -1.16. The van der Waals surface area contributed by atoms with E-state index >= 15 is 0 Å². The highest BCUT2D eigenvalue weighted by Crippen LogP contribution is 2.32. The van der Waals surface area contributed by atoms with Gasteiger partial charge < -0.3 is 11.1 Å². The summed E-state index contributed by atoms with van der Waals surface area (Å²) in [6, 6.07) is 3.95. The number of nitrogens with two attached hydrogens (primary N) is 1. The number of carbonyl (C=O) groups is 1. The first kappa shape index (κ1) is 19.2. The third kappa shape index (κ3) is 4.41. The van der Waals surface area contributed by atoms with Gasteiger partial charge in [0.2, 0.25) is 5.91 Å². The summed E-state index contributed by atoms with van der Waals surface area (Å²) >= 11 is 0. The Balaban J connectivity index is 1.59. The van der Waals surface area contributed by atoms with E-state index in [1.807, 2.05) is 11.8 Å². The van der Waals surface area contributed by atoms with Crippen LogP contribution in [0.1, 0.15) is 51.0 Å². The molecule has 2 aliphatic rings. The fourth-order valence-corrected chi connectivity index (χ4v) is 4.31. The molecule has 2 fully saturated rings. The molecule has 0 bridgehead atoms. The van der Waals surface area contributed by atoms with Crippen LogP contribution in [-0.2, 0) is 11.3 Å². The fraction of sp³-hybridized carbons (Fsp3) is 0.650. The second kappa shape index (κ2) is 8.01. The van der Waals surface area contributed by atoms with Gasteiger partial charge in [0, 0.05) is 30.2 Å². The van der Waals surface area contributed by atoms with E-state index < -0.39 is 17.2 Å². The summed E-state index contributed by atoms with van der Waals surface area (Å²) in [5.41, 5.74) is 5.98. The summed E-state index contributed by atoms with van der Waals surface area (Å²) in [6.45, 7) is 3.57. The second-order valence-corrected chi connectivity index (χ2v) is 8.09. The van der Waals surface area contributed by atoms with Crippen molar-refractivity contribution in [1.82, 2.24) is 10.2 Å². The fourth-order valence-electron chi connectivity index (χ4n) is 4.31. The number of nitrogens with one attached hydrogen (secondary N) is 1. The van der Waals surface area contributed by atoms with E-state index in [-0.39, 0.29) is 30.0 Å². The van der Waals surface area contributed by atoms with E-state index in [9.17, 15) is 13.6 Å². The maximum absolute atomic E-state index is 13.9. The van der Waals surface area contributed by atoms with Crippen LogP contribution in [0, 0.1) is 17.6 Å². The summed E-state index contributed by atoms with van der Waals surface area (Å²) in [7, 11) is 0. The highest BCUT2D eigenvalue weighted by atomic mass is 19.1. The molecule has 1 saturated carbocycles. The number of amides is 1. The number of benzene rings is 1. The summed E-state index contributed by atoms with van der Waals surface area (Å²) < 4.78 is 27.8. The molecular formula is C20H29F2N3O. The Kier molecular flexibility index (Phi) is 5.92. The summed E-state index contributed by atoms with van der Waals surface area (Å²) in [6.07, 6.45) is 5.59. The van der Waals surface area contributed by atoms with Crippen LogP contribution in [-0.4, -0.2) is 35.5 Å². The molecule has 1 aromatic rings. The van der Waals surface area contributed by atoms with Crippen molar-refractivity contribution in [3.05, 3.63) is 35.4 Å². The Morgan fingerprint density at radius 2 is 2.00 bits per heavy atom. The zero-order chi connectivity index (χ0) is 18.7. The van der Waals surface area contributed by atoms with E-state index in [1.165, 1.54) is 18.2 Å². The normalized spacial score (nSPS) is 30.2. The zero-order valence-electron chi connectivity index (χ0n) is 15.4. The molecule has 1 aromatic carbocycles. The summed E-state index contributed by atoms with van der Waals surface area (Å²) in [5, 5.41) is 3.14. The van der Waals surface area contributed by atoms with Gasteiger partial charge in [0.25, 0.3) is 0 Å². The molecule has 6 heteroatoms. The quantitative estimate of drug-likeness (QED) is 0.862. The van der Waals surface area contributed by atoms with Crippen molar-refractivity contribution in [1.29, 1.82) is 0 Å². The average Bonchev–Trinajstić information content (AvgIpc) is 2.58. The van der Waals surface area contributed by atoms with Gasteiger partial charge in [0.05, 0.1) is 5.92 Å². The van der Waals surface area contributed by atoms with E-state index in [0.29, 0.717) is 6.54 Å². The molecule has 1 heterocycles. The van der Waals surface area contributed by atoms with Gasteiger partial charge in [-0.25, -0.2) is 8.78 Å². The van der Waals surface area contributed by atoms with Crippen LogP contribution in [0.4, 0.5) is 8.78 Å². The lowest BCUT2D eigenvalue weighted by Crippen LogP contribution is -2.56. The Morgan fingerprint density at radius 1 is 1.27 bits per heavy atom. The van der Waals surface area contributed by atoms with Crippen molar-refractivity contribution < 1.29 is 13.6 Å². The van der Waals surface area contributed by atoms with E-state index in [0.717, 1.165) is 45.1 Å². The van der Waals surface area contributed by atoms with Gasteiger partial charge in [0.1, 0.15) is 11.6 Å². The monoisotopic (exact) mass is 365 g/mol. The number of hydrogen-bond donors (Lipinski definition) is 2. The molecule has 1 saturated heterocycles. The molecule has 3 unspecified atom stereocenters. The molecule has 3 rings (SSSR count). The third-order valence-electron chi connectivity index (χ3n) is 5.87. The van der Waals surface area contributed by atoms with Gasteiger partial charge in [0.15, 0.2) is 0 Å². The highest BCUT2D eigenvalue weighted by molar-refractivity contribution is 5.80. The van der Waals surface area contributed by atoms with Crippen LogP contribution in [0.3, 0.4) is 0 Å². The lowest BCUT2D eigenvalue weighted by molar-refractivity contribution is -0.129. The average molecular weight is 365 g/mol. The predicted molar refractivity (Wildman–Crippen MR) is 97.4 cm³/mol. The molecule has 26 heavy (non-hydrogen) atoms. The molecule has 1 amide bonds. The number of nitrogens with zero attached hydrogens (tertiary/aromatic N) is 1. The largest absolute Gasteiger partial charge is 0.352 e. The minimum absolute atomic E-state index is 0.00353. The summed E-state index contributed by atoms with van der Waals surface area (Å²) in [4.78, 5) is 14.7. The number of carbonyl (C=O) groups excluding carboxylic acids is 1. The number of likely N-dealkylation sites (tertiary alicyclic amines) is 1. The molecular weight excluding hydrogens is 336 g/mol.